The second-order valence-electron chi connectivity index (χ2n) is 4.52. The van der Waals surface area contributed by atoms with E-state index in [1.165, 1.54) is 5.56 Å². The minimum absolute atomic E-state index is 0.267. The third kappa shape index (κ3) is 3.30. The van der Waals surface area contributed by atoms with Gasteiger partial charge in [0.2, 0.25) is 0 Å². The molecule has 2 N–H and O–H groups in total. The van der Waals surface area contributed by atoms with Gasteiger partial charge in [0, 0.05) is 16.9 Å². The molecule has 3 nitrogen and oxygen atoms in total. The van der Waals surface area contributed by atoms with Gasteiger partial charge < -0.3 is 10.4 Å². The summed E-state index contributed by atoms with van der Waals surface area (Å²) in [7, 11) is 0. The van der Waals surface area contributed by atoms with Gasteiger partial charge in [-0.1, -0.05) is 34.1 Å². The van der Waals surface area contributed by atoms with Crippen LogP contribution in [0.1, 0.15) is 30.9 Å². The maximum Gasteiger partial charge on any atom is 0.303 e. The Morgan fingerprint density at radius 3 is 2.94 bits per heavy atom. The Labute approximate surface area is 109 Å². The molecule has 2 rings (SSSR count). The van der Waals surface area contributed by atoms with E-state index in [0.717, 1.165) is 23.9 Å². The summed E-state index contributed by atoms with van der Waals surface area (Å²) < 4.78 is 1.09. The van der Waals surface area contributed by atoms with Crippen molar-refractivity contribution in [3.63, 3.8) is 0 Å². The van der Waals surface area contributed by atoms with Gasteiger partial charge in [0.05, 0.1) is 0 Å². The summed E-state index contributed by atoms with van der Waals surface area (Å²) in [5.41, 5.74) is 1.22. The number of aliphatic carboxylic acids is 1. The lowest BCUT2D eigenvalue weighted by molar-refractivity contribution is -0.138. The molecular formula is C13H16BrNO2. The van der Waals surface area contributed by atoms with Crippen LogP contribution in [0.5, 0.6) is 0 Å². The highest BCUT2D eigenvalue weighted by molar-refractivity contribution is 9.10. The predicted molar refractivity (Wildman–Crippen MR) is 69.9 cm³/mol. The van der Waals surface area contributed by atoms with Crippen molar-refractivity contribution in [1.29, 1.82) is 0 Å². The Morgan fingerprint density at radius 2 is 2.24 bits per heavy atom. The van der Waals surface area contributed by atoms with Crippen LogP contribution < -0.4 is 5.32 Å². The molecule has 2 atom stereocenters. The first-order valence-electron chi connectivity index (χ1n) is 5.86. The van der Waals surface area contributed by atoms with Crippen LogP contribution in [0.25, 0.3) is 0 Å². The number of hydrogen-bond acceptors (Lipinski definition) is 2. The molecular weight excluding hydrogens is 282 g/mol. The van der Waals surface area contributed by atoms with Crippen molar-refractivity contribution in [3.05, 3.63) is 34.3 Å². The standard InChI is InChI=1S/C13H16BrNO2/c14-11-4-2-1-3-10(11)12-7-9(5-6-15-12)8-13(16)17/h1-4,9,12,15H,5-8H2,(H,16,17). The monoisotopic (exact) mass is 297 g/mol. The lowest BCUT2D eigenvalue weighted by Gasteiger charge is -2.30. The molecule has 4 heteroatoms. The molecule has 1 aliphatic rings. The van der Waals surface area contributed by atoms with E-state index in [1.807, 2.05) is 18.2 Å². The molecule has 1 fully saturated rings. The summed E-state index contributed by atoms with van der Waals surface area (Å²) in [5, 5.41) is 12.3. The van der Waals surface area contributed by atoms with Crippen molar-refractivity contribution in [2.75, 3.05) is 6.54 Å². The third-order valence-electron chi connectivity index (χ3n) is 3.26. The topological polar surface area (TPSA) is 49.3 Å². The second-order valence-corrected chi connectivity index (χ2v) is 5.37. The van der Waals surface area contributed by atoms with Crippen molar-refractivity contribution in [3.8, 4) is 0 Å². The summed E-state index contributed by atoms with van der Waals surface area (Å²) >= 11 is 3.55. The molecule has 0 bridgehead atoms. The average Bonchev–Trinajstić information content (AvgIpc) is 2.29. The Balaban J connectivity index is 2.07. The molecule has 1 aromatic carbocycles. The highest BCUT2D eigenvalue weighted by Gasteiger charge is 2.25. The molecule has 0 aromatic heterocycles. The zero-order valence-electron chi connectivity index (χ0n) is 9.53. The van der Waals surface area contributed by atoms with Crippen LogP contribution in [-0.4, -0.2) is 17.6 Å². The van der Waals surface area contributed by atoms with E-state index in [0.29, 0.717) is 0 Å². The van der Waals surface area contributed by atoms with Gasteiger partial charge in [0.15, 0.2) is 0 Å². The van der Waals surface area contributed by atoms with Crippen molar-refractivity contribution in [2.24, 2.45) is 5.92 Å². The lowest BCUT2D eigenvalue weighted by Crippen LogP contribution is -2.32. The van der Waals surface area contributed by atoms with Crippen molar-refractivity contribution in [2.45, 2.75) is 25.3 Å². The highest BCUT2D eigenvalue weighted by atomic mass is 79.9. The van der Waals surface area contributed by atoms with Crippen LogP contribution in [0.15, 0.2) is 28.7 Å². The first-order chi connectivity index (χ1) is 8.16. The Kier molecular flexibility index (Phi) is 4.18. The summed E-state index contributed by atoms with van der Waals surface area (Å²) in [6.45, 7) is 0.893. The van der Waals surface area contributed by atoms with E-state index < -0.39 is 5.97 Å². The fraction of sp³-hybridized carbons (Fsp3) is 0.462. The summed E-state index contributed by atoms with van der Waals surface area (Å²) in [5.74, 6) is -0.409. The van der Waals surface area contributed by atoms with Gasteiger partial charge in [-0.05, 0) is 36.9 Å². The van der Waals surface area contributed by atoms with Gasteiger partial charge in [-0.25, -0.2) is 0 Å². The molecule has 0 saturated carbocycles. The Hall–Kier alpha value is -0.870. The second kappa shape index (κ2) is 5.65. The number of hydrogen-bond donors (Lipinski definition) is 2. The van der Waals surface area contributed by atoms with Gasteiger partial charge in [-0.3, -0.25) is 4.79 Å². The van der Waals surface area contributed by atoms with Gasteiger partial charge >= 0.3 is 5.97 Å². The first kappa shape index (κ1) is 12.6. The maximum absolute atomic E-state index is 10.7. The molecule has 2 unspecified atom stereocenters. The van der Waals surface area contributed by atoms with Crippen molar-refractivity contribution < 1.29 is 9.90 Å². The quantitative estimate of drug-likeness (QED) is 0.902. The SMILES string of the molecule is O=C(O)CC1CCNC(c2ccccc2Br)C1. The zero-order chi connectivity index (χ0) is 12.3. The number of carboxylic acids is 1. The third-order valence-corrected chi connectivity index (χ3v) is 3.98. The first-order valence-corrected chi connectivity index (χ1v) is 6.65. The minimum Gasteiger partial charge on any atom is -0.481 e. The number of carboxylic acid groups (broad SMARTS) is 1. The number of nitrogens with one attached hydrogen (secondary N) is 1. The molecule has 17 heavy (non-hydrogen) atoms. The van der Waals surface area contributed by atoms with E-state index in [4.69, 9.17) is 5.11 Å². The predicted octanol–water partition coefficient (Wildman–Crippen LogP) is 2.96. The van der Waals surface area contributed by atoms with Crippen LogP contribution in [0.3, 0.4) is 0 Å². The van der Waals surface area contributed by atoms with E-state index in [9.17, 15) is 4.79 Å². The van der Waals surface area contributed by atoms with E-state index in [2.05, 4.69) is 27.3 Å². The van der Waals surface area contributed by atoms with Gasteiger partial charge in [0.1, 0.15) is 0 Å². The van der Waals surface area contributed by atoms with Crippen LogP contribution in [0.4, 0.5) is 0 Å². The number of benzene rings is 1. The van der Waals surface area contributed by atoms with Crippen molar-refractivity contribution in [1.82, 2.24) is 5.32 Å². The molecule has 0 aliphatic carbocycles. The van der Waals surface area contributed by atoms with Crippen LogP contribution in [-0.2, 0) is 4.79 Å². The fourth-order valence-electron chi connectivity index (χ4n) is 2.42. The van der Waals surface area contributed by atoms with Gasteiger partial charge in [-0.15, -0.1) is 0 Å². The maximum atomic E-state index is 10.7. The van der Waals surface area contributed by atoms with Crippen LogP contribution >= 0.6 is 15.9 Å². The van der Waals surface area contributed by atoms with E-state index in [-0.39, 0.29) is 18.4 Å². The van der Waals surface area contributed by atoms with Gasteiger partial charge in [0.25, 0.3) is 0 Å². The minimum atomic E-state index is -0.692. The smallest absolute Gasteiger partial charge is 0.303 e. The Bertz CT molecular complexity index is 408. The molecule has 1 saturated heterocycles. The summed E-state index contributed by atoms with van der Waals surface area (Å²) in [4.78, 5) is 10.7. The number of carbonyl (C=O) groups is 1. The molecule has 92 valence electrons. The van der Waals surface area contributed by atoms with Crippen LogP contribution in [0.2, 0.25) is 0 Å². The molecule has 1 aliphatic heterocycles. The van der Waals surface area contributed by atoms with Crippen molar-refractivity contribution >= 4 is 21.9 Å². The molecule has 1 aromatic rings. The van der Waals surface area contributed by atoms with E-state index >= 15 is 0 Å². The number of rotatable bonds is 3. The highest BCUT2D eigenvalue weighted by Crippen LogP contribution is 2.32. The molecule has 1 heterocycles. The van der Waals surface area contributed by atoms with Gasteiger partial charge in [-0.2, -0.15) is 0 Å². The number of piperidine rings is 1. The number of halogens is 1. The average molecular weight is 298 g/mol. The summed E-state index contributed by atoms with van der Waals surface area (Å²) in [6.07, 6.45) is 2.13. The van der Waals surface area contributed by atoms with E-state index in [1.54, 1.807) is 0 Å². The lowest BCUT2D eigenvalue weighted by atomic mass is 9.87. The summed E-state index contributed by atoms with van der Waals surface area (Å²) in [6, 6.07) is 8.39. The molecule has 0 amide bonds. The normalized spacial score (nSPS) is 24.5. The largest absolute Gasteiger partial charge is 0.481 e. The zero-order valence-corrected chi connectivity index (χ0v) is 11.1. The Morgan fingerprint density at radius 1 is 1.47 bits per heavy atom. The molecule has 0 spiro atoms. The van der Waals surface area contributed by atoms with Crippen LogP contribution in [0, 0.1) is 5.92 Å². The molecule has 0 radical (unpaired) electrons. The fourth-order valence-corrected chi connectivity index (χ4v) is 2.98.